The molecule has 0 fully saturated rings. The van der Waals surface area contributed by atoms with Crippen LogP contribution < -0.4 is 15.4 Å². The molecule has 188 valence electrons. The van der Waals surface area contributed by atoms with Crippen molar-refractivity contribution in [2.24, 2.45) is 0 Å². The van der Waals surface area contributed by atoms with Crippen LogP contribution in [-0.2, 0) is 12.6 Å². The largest absolute Gasteiger partial charge is 0.493 e. The van der Waals surface area contributed by atoms with Gasteiger partial charge >= 0.3 is 6.18 Å². The van der Waals surface area contributed by atoms with Crippen molar-refractivity contribution < 1.29 is 17.9 Å². The highest BCUT2D eigenvalue weighted by Gasteiger charge is 2.31. The number of nitrogens with one attached hydrogen (secondary N) is 2. The molecule has 1 unspecified atom stereocenters. The first-order valence-corrected chi connectivity index (χ1v) is 12.0. The lowest BCUT2D eigenvalue weighted by Gasteiger charge is -2.16. The maximum Gasteiger partial charge on any atom is 0.416 e. The number of pyridine rings is 1. The first kappa shape index (κ1) is 25.5. The van der Waals surface area contributed by atoms with Gasteiger partial charge in [-0.2, -0.15) is 13.2 Å². The molecule has 4 nitrogen and oxygen atoms in total. The number of hydrogen-bond acceptors (Lipinski definition) is 4. The third-order valence-corrected chi connectivity index (χ3v) is 5.82. The molecule has 36 heavy (non-hydrogen) atoms. The average molecular weight is 494 g/mol. The molecule has 0 aliphatic carbocycles. The zero-order chi connectivity index (χ0) is 25.5. The average Bonchev–Trinajstić information content (AvgIpc) is 2.84. The summed E-state index contributed by atoms with van der Waals surface area (Å²) in [6.45, 7) is 4.99. The van der Waals surface area contributed by atoms with E-state index in [-0.39, 0.29) is 11.8 Å². The van der Waals surface area contributed by atoms with Crippen LogP contribution >= 0.6 is 0 Å². The predicted octanol–water partition coefficient (Wildman–Crippen LogP) is 7.30. The molecule has 2 N–H and O–H groups in total. The number of hydrogen-bond donors (Lipinski definition) is 2. The molecule has 4 aromatic rings. The number of ether oxygens (including phenoxy) is 1. The molecule has 0 aliphatic rings. The topological polar surface area (TPSA) is 46.2 Å². The Labute approximate surface area is 209 Å². The third kappa shape index (κ3) is 6.98. The van der Waals surface area contributed by atoms with Gasteiger partial charge in [-0.3, -0.25) is 4.98 Å². The van der Waals surface area contributed by atoms with E-state index < -0.39 is 11.7 Å². The molecule has 7 heteroatoms. The van der Waals surface area contributed by atoms with E-state index in [9.17, 15) is 13.2 Å². The molecule has 3 aromatic carbocycles. The van der Waals surface area contributed by atoms with E-state index >= 15 is 0 Å². The van der Waals surface area contributed by atoms with E-state index in [1.54, 1.807) is 6.07 Å². The lowest BCUT2D eigenvalue weighted by atomic mass is 10.1. The summed E-state index contributed by atoms with van der Waals surface area (Å²) in [5.41, 5.74) is 3.05. The number of alkyl halides is 3. The van der Waals surface area contributed by atoms with Crippen LogP contribution in [0.4, 0.5) is 24.5 Å². The zero-order valence-electron chi connectivity index (χ0n) is 20.4. The van der Waals surface area contributed by atoms with Gasteiger partial charge in [0.1, 0.15) is 5.75 Å². The fourth-order valence-corrected chi connectivity index (χ4v) is 4.14. The normalized spacial score (nSPS) is 12.5. The van der Waals surface area contributed by atoms with Crippen molar-refractivity contribution in [3.63, 3.8) is 0 Å². The van der Waals surface area contributed by atoms with Gasteiger partial charge in [-0.05, 0) is 63.1 Å². The minimum atomic E-state index is -4.49. The molecule has 4 rings (SSSR count). The first-order valence-electron chi connectivity index (χ1n) is 12.0. The summed E-state index contributed by atoms with van der Waals surface area (Å²) in [5, 5.41) is 7.42. The van der Waals surface area contributed by atoms with Crippen molar-refractivity contribution in [2.45, 2.75) is 38.9 Å². The summed E-state index contributed by atoms with van der Waals surface area (Å²) in [4.78, 5) is 4.50. The molecule has 0 saturated heterocycles. The Balaban J connectivity index is 1.40. The Bertz CT molecular complexity index is 1290. The van der Waals surface area contributed by atoms with E-state index in [0.717, 1.165) is 35.2 Å². The van der Waals surface area contributed by atoms with Crippen molar-refractivity contribution >= 4 is 22.3 Å². The Hall–Kier alpha value is -3.58. The number of halogens is 3. The van der Waals surface area contributed by atoms with Crippen LogP contribution in [-0.4, -0.2) is 24.2 Å². The summed E-state index contributed by atoms with van der Waals surface area (Å²) < 4.78 is 46.6. The van der Waals surface area contributed by atoms with Gasteiger partial charge in [-0.1, -0.05) is 48.5 Å². The number of para-hydroxylation sites is 1. The van der Waals surface area contributed by atoms with Gasteiger partial charge in [0.15, 0.2) is 0 Å². The highest BCUT2D eigenvalue weighted by molar-refractivity contribution is 5.93. The van der Waals surface area contributed by atoms with E-state index in [4.69, 9.17) is 4.74 Å². The number of rotatable bonds is 10. The number of aromatic nitrogens is 1. The number of fused-ring (bicyclic) bond motifs is 1. The molecule has 1 atom stereocenters. The van der Waals surface area contributed by atoms with E-state index in [1.165, 1.54) is 5.56 Å². The monoisotopic (exact) mass is 493 g/mol. The second kappa shape index (κ2) is 11.4. The Kier molecular flexibility index (Phi) is 8.10. The lowest BCUT2D eigenvalue weighted by molar-refractivity contribution is -0.137. The molecule has 1 aromatic heterocycles. The lowest BCUT2D eigenvalue weighted by Crippen LogP contribution is -2.29. The van der Waals surface area contributed by atoms with Crippen LogP contribution in [0.25, 0.3) is 10.9 Å². The van der Waals surface area contributed by atoms with Gasteiger partial charge in [0.05, 0.1) is 17.7 Å². The van der Waals surface area contributed by atoms with E-state index in [1.807, 2.05) is 55.5 Å². The molecule has 0 aliphatic heterocycles. The molecule has 0 spiro atoms. The van der Waals surface area contributed by atoms with Gasteiger partial charge in [0.25, 0.3) is 0 Å². The van der Waals surface area contributed by atoms with Crippen LogP contribution in [0.3, 0.4) is 0 Å². The molecule has 0 saturated carbocycles. The van der Waals surface area contributed by atoms with Crippen molar-refractivity contribution in [2.75, 3.05) is 18.5 Å². The minimum absolute atomic E-state index is 0.180. The highest BCUT2D eigenvalue weighted by Crippen LogP contribution is 2.36. The third-order valence-electron chi connectivity index (χ3n) is 5.82. The summed E-state index contributed by atoms with van der Waals surface area (Å²) in [5.74, 6) is 0.180. The molecular weight excluding hydrogens is 463 g/mol. The fourth-order valence-electron chi connectivity index (χ4n) is 4.14. The van der Waals surface area contributed by atoms with Crippen molar-refractivity contribution in [1.82, 2.24) is 10.3 Å². The van der Waals surface area contributed by atoms with Gasteiger partial charge in [0.2, 0.25) is 0 Å². The number of benzene rings is 3. The number of aryl methyl sites for hydroxylation is 1. The van der Waals surface area contributed by atoms with Crippen molar-refractivity contribution in [3.05, 3.63) is 95.7 Å². The molecular formula is C29H30F3N3O. The van der Waals surface area contributed by atoms with Crippen molar-refractivity contribution in [1.29, 1.82) is 0 Å². The van der Waals surface area contributed by atoms with Crippen LogP contribution in [0.2, 0.25) is 0 Å². The number of nitrogens with zero attached hydrogens (tertiary/aromatic N) is 1. The highest BCUT2D eigenvalue weighted by atomic mass is 19.4. The van der Waals surface area contributed by atoms with Gasteiger partial charge in [-0.25, -0.2) is 0 Å². The SMILES string of the molecule is Cc1cc(Nc2cc(OCCCNC(C)Cc3ccccc3)cc(C(F)(F)F)c2)c2ccccc2n1. The first-order chi connectivity index (χ1) is 17.3. The van der Waals surface area contributed by atoms with Crippen LogP contribution in [0.5, 0.6) is 5.75 Å². The summed E-state index contributed by atoms with van der Waals surface area (Å²) in [7, 11) is 0. The Morgan fingerprint density at radius 1 is 0.944 bits per heavy atom. The fraction of sp³-hybridized carbons (Fsp3) is 0.276. The number of anilines is 2. The molecule has 1 heterocycles. The van der Waals surface area contributed by atoms with Crippen molar-refractivity contribution in [3.8, 4) is 5.75 Å². The summed E-state index contributed by atoms with van der Waals surface area (Å²) in [6, 6.07) is 23.6. The molecule has 0 bridgehead atoms. The van der Waals surface area contributed by atoms with Crippen LogP contribution in [0, 0.1) is 6.92 Å². The summed E-state index contributed by atoms with van der Waals surface area (Å²) in [6.07, 6.45) is -2.90. The molecule has 0 amide bonds. The minimum Gasteiger partial charge on any atom is -0.493 e. The van der Waals surface area contributed by atoms with Gasteiger partial charge in [0, 0.05) is 34.6 Å². The maximum absolute atomic E-state index is 13.6. The smallest absolute Gasteiger partial charge is 0.416 e. The predicted molar refractivity (Wildman–Crippen MR) is 139 cm³/mol. The second-order valence-electron chi connectivity index (χ2n) is 8.94. The molecule has 0 radical (unpaired) electrons. The quantitative estimate of drug-likeness (QED) is 0.228. The maximum atomic E-state index is 13.6. The van der Waals surface area contributed by atoms with E-state index in [2.05, 4.69) is 34.7 Å². The Morgan fingerprint density at radius 2 is 1.69 bits per heavy atom. The van der Waals surface area contributed by atoms with Crippen LogP contribution in [0.15, 0.2) is 78.9 Å². The zero-order valence-corrected chi connectivity index (χ0v) is 20.4. The standard InChI is InChI=1S/C29H30F3N3O/c1-20(15-22-9-4-3-5-10-22)33-13-8-14-36-25-18-23(29(30,31)32)17-24(19-25)35-28-16-21(2)34-27-12-7-6-11-26(27)28/h3-7,9-12,16-20,33H,8,13-15H2,1-2H3,(H,34,35). The Morgan fingerprint density at radius 3 is 2.47 bits per heavy atom. The van der Waals surface area contributed by atoms with E-state index in [0.29, 0.717) is 30.9 Å². The van der Waals surface area contributed by atoms with Gasteiger partial charge in [-0.15, -0.1) is 0 Å². The summed E-state index contributed by atoms with van der Waals surface area (Å²) >= 11 is 0. The second-order valence-corrected chi connectivity index (χ2v) is 8.94. The van der Waals surface area contributed by atoms with Gasteiger partial charge < -0.3 is 15.4 Å². The van der Waals surface area contributed by atoms with Crippen LogP contribution in [0.1, 0.15) is 30.2 Å².